The van der Waals surface area contributed by atoms with Crippen LogP contribution in [-0.2, 0) is 6.42 Å². The molecule has 0 saturated heterocycles. The van der Waals surface area contributed by atoms with Crippen molar-refractivity contribution in [2.24, 2.45) is 0 Å². The largest absolute Gasteiger partial charge is 0.460 e. The van der Waals surface area contributed by atoms with Crippen LogP contribution < -0.4 is 0 Å². The molecule has 1 aliphatic rings. The fraction of sp³-hybridized carbons (Fsp3) is 0.0769. The molecule has 2 heterocycles. The van der Waals surface area contributed by atoms with E-state index in [-0.39, 0.29) is 0 Å². The number of allylic oxidation sites excluding steroid dienone is 1. The summed E-state index contributed by atoms with van der Waals surface area (Å²) in [6, 6.07) is 24.0. The van der Waals surface area contributed by atoms with E-state index in [4.69, 9.17) is 4.42 Å². The predicted octanol–water partition coefficient (Wildman–Crippen LogP) is 7.08. The quantitative estimate of drug-likeness (QED) is 0.287. The second kappa shape index (κ2) is 5.05. The molecule has 2 aromatic heterocycles. The molecule has 0 amide bonds. The van der Waals surface area contributed by atoms with Crippen LogP contribution in [-0.4, -0.2) is 4.57 Å². The first kappa shape index (κ1) is 14.5. The maximum absolute atomic E-state index is 6.35. The van der Waals surface area contributed by atoms with Gasteiger partial charge in [0.2, 0.25) is 0 Å². The Morgan fingerprint density at radius 2 is 1.68 bits per heavy atom. The first-order valence-corrected chi connectivity index (χ1v) is 9.86. The van der Waals surface area contributed by atoms with Crippen molar-refractivity contribution < 1.29 is 4.42 Å². The van der Waals surface area contributed by atoms with E-state index in [9.17, 15) is 0 Å². The van der Waals surface area contributed by atoms with Crippen LogP contribution in [0, 0.1) is 0 Å². The van der Waals surface area contributed by atoms with Gasteiger partial charge in [0.1, 0.15) is 11.3 Å². The number of rotatable bonds is 1. The van der Waals surface area contributed by atoms with Gasteiger partial charge in [0.05, 0.1) is 16.4 Å². The molecule has 0 spiro atoms. The minimum Gasteiger partial charge on any atom is -0.460 e. The molecule has 28 heavy (non-hydrogen) atoms. The van der Waals surface area contributed by atoms with Crippen LogP contribution in [0.25, 0.3) is 55.3 Å². The van der Waals surface area contributed by atoms with Gasteiger partial charge in [-0.1, -0.05) is 54.6 Å². The van der Waals surface area contributed by atoms with Gasteiger partial charge in [-0.2, -0.15) is 0 Å². The summed E-state index contributed by atoms with van der Waals surface area (Å²) < 4.78 is 8.77. The highest BCUT2D eigenvalue weighted by Gasteiger charge is 2.24. The SMILES string of the molecule is C1=Cc2c(oc3cc4ccc5cccc6c5c4c(c23)n6-c2ccccc2)CC1. The number of para-hydroxylation sites is 1. The van der Waals surface area contributed by atoms with Crippen LogP contribution in [0.1, 0.15) is 17.7 Å². The molecule has 1 aliphatic carbocycles. The smallest absolute Gasteiger partial charge is 0.137 e. The second-order valence-electron chi connectivity index (χ2n) is 7.69. The van der Waals surface area contributed by atoms with Crippen molar-refractivity contribution in [1.82, 2.24) is 4.57 Å². The summed E-state index contributed by atoms with van der Waals surface area (Å²) in [5.74, 6) is 1.12. The Hall–Kier alpha value is -3.52. The lowest BCUT2D eigenvalue weighted by Crippen LogP contribution is -1.94. The molecule has 0 fully saturated rings. The Bertz CT molecular complexity index is 1550. The predicted molar refractivity (Wildman–Crippen MR) is 117 cm³/mol. The van der Waals surface area contributed by atoms with E-state index in [1.54, 1.807) is 0 Å². The molecule has 7 rings (SSSR count). The molecule has 0 aliphatic heterocycles. The monoisotopic (exact) mass is 359 g/mol. The van der Waals surface area contributed by atoms with Crippen molar-refractivity contribution in [3.8, 4) is 5.69 Å². The molecule has 0 unspecified atom stereocenters. The molecule has 2 heteroatoms. The Balaban J connectivity index is 1.84. The molecular formula is C26H17NO. The van der Waals surface area contributed by atoms with Crippen LogP contribution >= 0.6 is 0 Å². The molecule has 0 saturated carbocycles. The molecule has 4 aromatic carbocycles. The Kier molecular flexibility index (Phi) is 2.62. The number of fused-ring (bicyclic) bond motifs is 4. The summed E-state index contributed by atoms with van der Waals surface area (Å²) in [4.78, 5) is 0. The minimum atomic E-state index is 0.976. The Morgan fingerprint density at radius 3 is 2.61 bits per heavy atom. The van der Waals surface area contributed by atoms with Crippen LogP contribution in [0.5, 0.6) is 0 Å². The number of hydrogen-bond acceptors (Lipinski definition) is 1. The van der Waals surface area contributed by atoms with Gasteiger partial charge in [0.15, 0.2) is 0 Å². The fourth-order valence-corrected chi connectivity index (χ4v) is 5.03. The maximum Gasteiger partial charge on any atom is 0.137 e. The van der Waals surface area contributed by atoms with Crippen LogP contribution in [0.15, 0.2) is 77.2 Å². The lowest BCUT2D eigenvalue weighted by molar-refractivity contribution is 0.546. The molecule has 0 radical (unpaired) electrons. The van der Waals surface area contributed by atoms with Crippen molar-refractivity contribution in [2.45, 2.75) is 12.8 Å². The van der Waals surface area contributed by atoms with Gasteiger partial charge in [0.25, 0.3) is 0 Å². The Labute approximate surface area is 161 Å². The normalized spacial score (nSPS) is 14.0. The number of hydrogen-bond donors (Lipinski definition) is 0. The summed E-state index contributed by atoms with van der Waals surface area (Å²) in [7, 11) is 0. The van der Waals surface area contributed by atoms with Crippen molar-refractivity contribution in [1.29, 1.82) is 0 Å². The van der Waals surface area contributed by atoms with Crippen LogP contribution in [0.4, 0.5) is 0 Å². The second-order valence-corrected chi connectivity index (χ2v) is 7.69. The summed E-state index contributed by atoms with van der Waals surface area (Å²) >= 11 is 0. The van der Waals surface area contributed by atoms with E-state index in [2.05, 4.69) is 83.4 Å². The lowest BCUT2D eigenvalue weighted by atomic mass is 9.97. The van der Waals surface area contributed by atoms with Crippen molar-refractivity contribution in [3.05, 3.63) is 84.1 Å². The van der Waals surface area contributed by atoms with Crippen molar-refractivity contribution in [2.75, 3.05) is 0 Å². The summed E-state index contributed by atoms with van der Waals surface area (Å²) in [6.07, 6.45) is 6.54. The van der Waals surface area contributed by atoms with Gasteiger partial charge >= 0.3 is 0 Å². The van der Waals surface area contributed by atoms with Gasteiger partial charge in [0, 0.05) is 28.4 Å². The summed E-state index contributed by atoms with van der Waals surface area (Å²) in [6.45, 7) is 0. The van der Waals surface area contributed by atoms with Gasteiger partial charge in [-0.15, -0.1) is 0 Å². The molecule has 132 valence electrons. The zero-order chi connectivity index (χ0) is 18.2. The van der Waals surface area contributed by atoms with E-state index in [0.29, 0.717) is 0 Å². The van der Waals surface area contributed by atoms with E-state index in [0.717, 1.165) is 24.2 Å². The van der Waals surface area contributed by atoms with E-state index in [1.165, 1.54) is 49.2 Å². The third-order valence-corrected chi connectivity index (χ3v) is 6.17. The van der Waals surface area contributed by atoms with Crippen LogP contribution in [0.2, 0.25) is 0 Å². The number of furan rings is 1. The van der Waals surface area contributed by atoms with E-state index < -0.39 is 0 Å². The topological polar surface area (TPSA) is 18.1 Å². The molecule has 0 bridgehead atoms. The number of nitrogens with zero attached hydrogens (tertiary/aromatic N) is 1. The highest BCUT2D eigenvalue weighted by molar-refractivity contribution is 6.30. The average molecular weight is 359 g/mol. The zero-order valence-electron chi connectivity index (χ0n) is 15.3. The first-order chi connectivity index (χ1) is 13.9. The highest BCUT2D eigenvalue weighted by atomic mass is 16.3. The van der Waals surface area contributed by atoms with Crippen LogP contribution in [0.3, 0.4) is 0 Å². The first-order valence-electron chi connectivity index (χ1n) is 9.86. The number of aromatic nitrogens is 1. The molecule has 2 nitrogen and oxygen atoms in total. The Morgan fingerprint density at radius 1 is 0.786 bits per heavy atom. The molecular weight excluding hydrogens is 342 g/mol. The number of aryl methyl sites for hydroxylation is 1. The molecule has 6 aromatic rings. The lowest BCUT2D eigenvalue weighted by Gasteiger charge is -2.09. The van der Waals surface area contributed by atoms with Gasteiger partial charge in [-0.05, 0) is 41.5 Å². The van der Waals surface area contributed by atoms with E-state index in [1.807, 2.05) is 0 Å². The molecule has 0 N–H and O–H groups in total. The number of benzene rings is 4. The van der Waals surface area contributed by atoms with Gasteiger partial charge in [-0.3, -0.25) is 0 Å². The highest BCUT2D eigenvalue weighted by Crippen LogP contribution is 2.45. The third-order valence-electron chi connectivity index (χ3n) is 6.17. The van der Waals surface area contributed by atoms with Crippen molar-refractivity contribution in [3.63, 3.8) is 0 Å². The third kappa shape index (κ3) is 1.68. The summed E-state index contributed by atoms with van der Waals surface area (Å²) in [5.41, 5.74) is 5.96. The fourth-order valence-electron chi connectivity index (χ4n) is 5.03. The molecule has 0 atom stereocenters. The minimum absolute atomic E-state index is 0.976. The van der Waals surface area contributed by atoms with E-state index >= 15 is 0 Å². The standard InChI is InChI=1S/C26H17NO/c1-2-8-18(9-3-1)27-20-11-6-7-16-13-14-17-15-22-25(26(27)24(17)23(16)20)19-10-4-5-12-21(19)28-22/h1-4,6-11,13-15H,5,12H2. The average Bonchev–Trinajstić information content (AvgIpc) is 3.29. The van der Waals surface area contributed by atoms with Crippen molar-refractivity contribution >= 4 is 49.6 Å². The summed E-state index contributed by atoms with van der Waals surface area (Å²) in [5, 5.41) is 6.46. The maximum atomic E-state index is 6.35. The van der Waals surface area contributed by atoms with Gasteiger partial charge < -0.3 is 8.98 Å². The zero-order valence-corrected chi connectivity index (χ0v) is 15.3. The van der Waals surface area contributed by atoms with Gasteiger partial charge in [-0.25, -0.2) is 0 Å².